The molecule has 4 aliphatic carbocycles. The molecule has 4 aliphatic rings. The third-order valence-electron chi connectivity index (χ3n) is 6.35. The van der Waals surface area contributed by atoms with Crippen LogP contribution >= 0.6 is 0 Å². The Morgan fingerprint density at radius 1 is 1.06 bits per heavy atom. The zero-order valence-electron chi connectivity index (χ0n) is 10.3. The van der Waals surface area contributed by atoms with Gasteiger partial charge in [-0.1, -0.05) is 6.58 Å². The number of aliphatic hydroxyl groups excluding tert-OH is 1. The van der Waals surface area contributed by atoms with Crippen LogP contribution in [0, 0.1) is 41.4 Å². The van der Waals surface area contributed by atoms with Crippen molar-refractivity contribution in [2.24, 2.45) is 41.4 Å². The van der Waals surface area contributed by atoms with Crippen LogP contribution in [0.1, 0.15) is 25.7 Å². The molecule has 0 aliphatic heterocycles. The molecule has 17 heavy (non-hydrogen) atoms. The van der Waals surface area contributed by atoms with Gasteiger partial charge in [-0.3, -0.25) is 0 Å². The number of ether oxygens (including phenoxy) is 1. The van der Waals surface area contributed by atoms with Crippen LogP contribution in [-0.4, -0.2) is 17.8 Å². The molecule has 2 heteroatoms. The van der Waals surface area contributed by atoms with E-state index in [1.165, 1.54) is 19.3 Å². The van der Waals surface area contributed by atoms with Crippen LogP contribution in [0.4, 0.5) is 0 Å². The van der Waals surface area contributed by atoms with Crippen LogP contribution < -0.4 is 0 Å². The molecule has 0 heterocycles. The Bertz CT molecular complexity index is 340. The first-order valence-corrected chi connectivity index (χ1v) is 7.20. The first-order valence-electron chi connectivity index (χ1n) is 7.20. The van der Waals surface area contributed by atoms with Crippen molar-refractivity contribution < 1.29 is 9.84 Å². The van der Waals surface area contributed by atoms with Crippen LogP contribution in [0.3, 0.4) is 0 Å². The fourth-order valence-electron chi connectivity index (χ4n) is 6.09. The van der Waals surface area contributed by atoms with E-state index in [4.69, 9.17) is 4.74 Å². The number of fused-ring (bicyclic) bond motifs is 9. The molecule has 0 amide bonds. The third kappa shape index (κ3) is 1.25. The van der Waals surface area contributed by atoms with Gasteiger partial charge < -0.3 is 9.84 Å². The summed E-state index contributed by atoms with van der Waals surface area (Å²) in [5.74, 6) is 5.86. The molecule has 2 nitrogen and oxygen atoms in total. The summed E-state index contributed by atoms with van der Waals surface area (Å²) in [5, 5.41) is 10.1. The Labute approximate surface area is 103 Å². The van der Waals surface area contributed by atoms with Gasteiger partial charge in [0.2, 0.25) is 0 Å². The van der Waals surface area contributed by atoms with Crippen molar-refractivity contribution in [3.63, 3.8) is 0 Å². The van der Waals surface area contributed by atoms with E-state index in [2.05, 4.69) is 6.58 Å². The lowest BCUT2D eigenvalue weighted by Gasteiger charge is -2.40. The van der Waals surface area contributed by atoms with Crippen molar-refractivity contribution in [2.75, 3.05) is 6.61 Å². The lowest BCUT2D eigenvalue weighted by atomic mass is 9.67. The molecule has 4 bridgehead atoms. The summed E-state index contributed by atoms with van der Waals surface area (Å²) in [4.78, 5) is 0. The molecule has 0 aromatic heterocycles. The minimum absolute atomic E-state index is 0.0310. The Morgan fingerprint density at radius 3 is 2.59 bits per heavy atom. The van der Waals surface area contributed by atoms with Gasteiger partial charge in [0, 0.05) is 0 Å². The van der Waals surface area contributed by atoms with Crippen molar-refractivity contribution in [1.29, 1.82) is 0 Å². The normalized spacial score (nSPS) is 58.4. The smallest absolute Gasteiger partial charge is 0.0903 e. The summed E-state index contributed by atoms with van der Waals surface area (Å²) in [6.07, 6.45) is 6.79. The molecular formula is C15H22O2. The Hall–Kier alpha value is -0.500. The standard InChI is InChI=1S/C15H22O2/c1-2-17-7-10-3-8-4-11(10)14-9-5-12(15(8)14)13(16)6-9/h2,8-16H,1,3-7H2. The minimum Gasteiger partial charge on any atom is -0.502 e. The van der Waals surface area contributed by atoms with E-state index in [1.54, 1.807) is 6.26 Å². The van der Waals surface area contributed by atoms with Gasteiger partial charge >= 0.3 is 0 Å². The molecule has 8 unspecified atom stereocenters. The number of hydrogen-bond donors (Lipinski definition) is 1. The van der Waals surface area contributed by atoms with Gasteiger partial charge in [-0.15, -0.1) is 0 Å². The molecule has 8 atom stereocenters. The molecule has 0 radical (unpaired) electrons. The molecule has 4 saturated carbocycles. The topological polar surface area (TPSA) is 29.5 Å². The second-order valence-corrected chi connectivity index (χ2v) is 6.77. The highest BCUT2D eigenvalue weighted by Crippen LogP contribution is 2.68. The number of aliphatic hydroxyl groups is 1. The molecule has 4 fully saturated rings. The fraction of sp³-hybridized carbons (Fsp3) is 0.867. The van der Waals surface area contributed by atoms with E-state index in [9.17, 15) is 5.11 Å². The zero-order valence-corrected chi connectivity index (χ0v) is 10.3. The van der Waals surface area contributed by atoms with E-state index in [0.29, 0.717) is 5.92 Å². The maximum Gasteiger partial charge on any atom is 0.0903 e. The van der Waals surface area contributed by atoms with Crippen molar-refractivity contribution in [2.45, 2.75) is 31.8 Å². The molecule has 94 valence electrons. The third-order valence-corrected chi connectivity index (χ3v) is 6.35. The van der Waals surface area contributed by atoms with Crippen LogP contribution in [0.15, 0.2) is 12.8 Å². The SMILES string of the molecule is C=COCC1CC2CC1C1C3CC(O)C(C3)C21. The fourth-order valence-corrected chi connectivity index (χ4v) is 6.09. The molecule has 0 saturated heterocycles. The number of hydrogen-bond acceptors (Lipinski definition) is 2. The highest BCUT2D eigenvalue weighted by Gasteiger charge is 2.64. The van der Waals surface area contributed by atoms with E-state index in [1.807, 2.05) is 0 Å². The second-order valence-electron chi connectivity index (χ2n) is 6.77. The Morgan fingerprint density at radius 2 is 1.76 bits per heavy atom. The van der Waals surface area contributed by atoms with Gasteiger partial charge in [0.25, 0.3) is 0 Å². The number of rotatable bonds is 3. The maximum absolute atomic E-state index is 10.1. The van der Waals surface area contributed by atoms with E-state index in [0.717, 1.165) is 48.5 Å². The summed E-state index contributed by atoms with van der Waals surface area (Å²) in [5.41, 5.74) is 0. The monoisotopic (exact) mass is 234 g/mol. The average molecular weight is 234 g/mol. The predicted molar refractivity (Wildman–Crippen MR) is 65.1 cm³/mol. The van der Waals surface area contributed by atoms with Crippen LogP contribution in [0.5, 0.6) is 0 Å². The highest BCUT2D eigenvalue weighted by molar-refractivity contribution is 5.12. The lowest BCUT2D eigenvalue weighted by molar-refractivity contribution is 0.00512. The average Bonchev–Trinajstić information content (AvgIpc) is 3.01. The van der Waals surface area contributed by atoms with E-state index in [-0.39, 0.29) is 6.10 Å². The first-order chi connectivity index (χ1) is 8.29. The summed E-state index contributed by atoms with van der Waals surface area (Å²) < 4.78 is 5.43. The Balaban J connectivity index is 1.54. The van der Waals surface area contributed by atoms with Gasteiger partial charge in [-0.25, -0.2) is 0 Å². The summed E-state index contributed by atoms with van der Waals surface area (Å²) in [7, 11) is 0. The highest BCUT2D eigenvalue weighted by atomic mass is 16.5. The molecule has 1 N–H and O–H groups in total. The van der Waals surface area contributed by atoms with Crippen LogP contribution in [-0.2, 0) is 4.74 Å². The lowest BCUT2D eigenvalue weighted by Crippen LogP contribution is -2.38. The first kappa shape index (κ1) is 10.4. The summed E-state index contributed by atoms with van der Waals surface area (Å²) >= 11 is 0. The summed E-state index contributed by atoms with van der Waals surface area (Å²) in [6, 6.07) is 0. The van der Waals surface area contributed by atoms with Crippen molar-refractivity contribution in [1.82, 2.24) is 0 Å². The van der Waals surface area contributed by atoms with Gasteiger partial charge in [0.1, 0.15) is 0 Å². The largest absolute Gasteiger partial charge is 0.502 e. The van der Waals surface area contributed by atoms with Crippen LogP contribution in [0.2, 0.25) is 0 Å². The zero-order chi connectivity index (χ0) is 11.6. The predicted octanol–water partition coefficient (Wildman–Crippen LogP) is 2.44. The minimum atomic E-state index is 0.0310. The molecular weight excluding hydrogens is 212 g/mol. The van der Waals surface area contributed by atoms with Gasteiger partial charge in [0.15, 0.2) is 0 Å². The summed E-state index contributed by atoms with van der Waals surface area (Å²) in [6.45, 7) is 4.53. The van der Waals surface area contributed by atoms with E-state index >= 15 is 0 Å². The molecule has 0 aromatic carbocycles. The van der Waals surface area contributed by atoms with Gasteiger partial charge in [-0.05, 0) is 67.1 Å². The Kier molecular flexibility index (Phi) is 2.15. The maximum atomic E-state index is 10.1. The molecule has 0 spiro atoms. The quantitative estimate of drug-likeness (QED) is 0.600. The van der Waals surface area contributed by atoms with Crippen molar-refractivity contribution in [3.05, 3.63) is 12.8 Å². The van der Waals surface area contributed by atoms with Crippen molar-refractivity contribution >= 4 is 0 Å². The van der Waals surface area contributed by atoms with E-state index < -0.39 is 0 Å². The van der Waals surface area contributed by atoms with Gasteiger partial charge in [-0.2, -0.15) is 0 Å². The molecule has 0 aromatic rings. The second kappa shape index (κ2) is 3.50. The van der Waals surface area contributed by atoms with Gasteiger partial charge in [0.05, 0.1) is 19.0 Å². The van der Waals surface area contributed by atoms with Crippen molar-refractivity contribution in [3.8, 4) is 0 Å². The van der Waals surface area contributed by atoms with Crippen LogP contribution in [0.25, 0.3) is 0 Å². The molecule has 4 rings (SSSR count).